The Morgan fingerprint density at radius 3 is 2.23 bits per heavy atom. The molecule has 170 valence electrons. The summed E-state index contributed by atoms with van der Waals surface area (Å²) in [6.07, 6.45) is -0.406. The molecule has 0 aromatic heterocycles. The summed E-state index contributed by atoms with van der Waals surface area (Å²) in [5.74, 6) is -4.21. The predicted octanol–water partition coefficient (Wildman–Crippen LogP) is -0.367. The van der Waals surface area contributed by atoms with Crippen molar-refractivity contribution in [3.8, 4) is 5.75 Å². The van der Waals surface area contributed by atoms with Crippen LogP contribution in [-0.2, 0) is 24.0 Å². The number of rotatable bonds is 13. The van der Waals surface area contributed by atoms with Gasteiger partial charge in [0.05, 0.1) is 5.25 Å². The highest BCUT2D eigenvalue weighted by Crippen LogP contribution is 2.31. The van der Waals surface area contributed by atoms with E-state index >= 15 is 0 Å². The first kappa shape index (κ1) is 25.9. The molecule has 0 saturated heterocycles. The van der Waals surface area contributed by atoms with Crippen molar-refractivity contribution in [3.63, 3.8) is 0 Å². The Bertz CT molecular complexity index is 815. The fraction of sp³-hybridized carbons (Fsp3) is 0.421. The topological polar surface area (TPSA) is 196 Å². The Morgan fingerprint density at radius 1 is 1.10 bits per heavy atom. The van der Waals surface area contributed by atoms with Gasteiger partial charge in [-0.05, 0) is 31.0 Å². The summed E-state index contributed by atoms with van der Waals surface area (Å²) in [4.78, 5) is 58.1. The quantitative estimate of drug-likeness (QED) is 0.228. The van der Waals surface area contributed by atoms with Crippen molar-refractivity contribution in [2.75, 3.05) is 12.3 Å². The Labute approximate surface area is 182 Å². The lowest BCUT2D eigenvalue weighted by atomic mass is 10.1. The molecule has 1 aromatic carbocycles. The van der Waals surface area contributed by atoms with Crippen LogP contribution in [0.25, 0.3) is 0 Å². The van der Waals surface area contributed by atoms with Gasteiger partial charge in [-0.2, -0.15) is 0 Å². The van der Waals surface area contributed by atoms with Gasteiger partial charge in [-0.25, -0.2) is 0 Å². The highest BCUT2D eigenvalue weighted by Gasteiger charge is 2.26. The first-order valence-corrected chi connectivity index (χ1v) is 10.2. The Balaban J connectivity index is 2.86. The van der Waals surface area contributed by atoms with E-state index in [0.29, 0.717) is 5.56 Å². The third kappa shape index (κ3) is 9.49. The number of nitrogens with two attached hydrogens (primary N) is 1. The van der Waals surface area contributed by atoms with Crippen LogP contribution in [0.15, 0.2) is 24.3 Å². The number of carbonyl (C=O) groups excluding carboxylic acids is 3. The molecule has 2 amide bonds. The molecule has 0 heterocycles. The number of phenols is 1. The van der Waals surface area contributed by atoms with E-state index in [0.717, 1.165) is 11.8 Å². The third-order valence-electron chi connectivity index (χ3n) is 4.06. The maximum Gasteiger partial charge on any atom is 0.322 e. The van der Waals surface area contributed by atoms with Crippen molar-refractivity contribution in [2.24, 2.45) is 5.73 Å². The van der Waals surface area contributed by atoms with Crippen LogP contribution < -0.4 is 16.4 Å². The summed E-state index contributed by atoms with van der Waals surface area (Å²) in [5, 5.41) is 30.8. The SMILES string of the molecule is CC(=O)[C@H](SC[C@H](NC(=O)CC[C@H](N)C(=O)O)C(=O)NCC(=O)O)c1ccc(O)cc1. The number of aliphatic carboxylic acids is 2. The van der Waals surface area contributed by atoms with Crippen molar-refractivity contribution in [3.05, 3.63) is 29.8 Å². The number of nitrogens with one attached hydrogen (secondary N) is 2. The van der Waals surface area contributed by atoms with E-state index in [2.05, 4.69) is 10.6 Å². The summed E-state index contributed by atoms with van der Waals surface area (Å²) in [6, 6.07) is 3.53. The second-order valence-corrected chi connectivity index (χ2v) is 7.77. The molecule has 0 radical (unpaired) electrons. The van der Waals surface area contributed by atoms with Crippen molar-refractivity contribution in [1.29, 1.82) is 0 Å². The molecule has 1 aromatic rings. The maximum absolute atomic E-state index is 12.4. The van der Waals surface area contributed by atoms with Crippen LogP contribution in [0.5, 0.6) is 5.75 Å². The molecule has 7 N–H and O–H groups in total. The van der Waals surface area contributed by atoms with Gasteiger partial charge in [0.15, 0.2) is 0 Å². The number of ketones is 1. The Kier molecular flexibility index (Phi) is 10.5. The number of thioether (sulfide) groups is 1. The van der Waals surface area contributed by atoms with Crippen molar-refractivity contribution in [2.45, 2.75) is 37.1 Å². The van der Waals surface area contributed by atoms with Crippen molar-refractivity contribution < 1.29 is 39.3 Å². The average molecular weight is 455 g/mol. The third-order valence-corrected chi connectivity index (χ3v) is 5.52. The monoisotopic (exact) mass is 455 g/mol. The minimum Gasteiger partial charge on any atom is -0.508 e. The molecule has 0 fully saturated rings. The molecule has 3 atom stereocenters. The number of carbonyl (C=O) groups is 5. The van der Waals surface area contributed by atoms with E-state index in [-0.39, 0.29) is 30.1 Å². The van der Waals surface area contributed by atoms with Crippen molar-refractivity contribution >= 4 is 41.3 Å². The van der Waals surface area contributed by atoms with Gasteiger partial charge in [0.1, 0.15) is 30.2 Å². The Morgan fingerprint density at radius 2 is 1.71 bits per heavy atom. The highest BCUT2D eigenvalue weighted by atomic mass is 32.2. The van der Waals surface area contributed by atoms with Gasteiger partial charge in [-0.3, -0.25) is 24.0 Å². The molecule has 0 bridgehead atoms. The number of carboxylic acid groups (broad SMARTS) is 2. The molecule has 0 saturated carbocycles. The molecule has 1 rings (SSSR count). The number of hydrogen-bond acceptors (Lipinski definition) is 8. The molecular formula is C19H25N3O8S. The summed E-state index contributed by atoms with van der Waals surface area (Å²) in [6.45, 7) is 0.698. The summed E-state index contributed by atoms with van der Waals surface area (Å²) >= 11 is 1.06. The molecule has 11 nitrogen and oxygen atoms in total. The van der Waals surface area contributed by atoms with E-state index in [4.69, 9.17) is 15.9 Å². The maximum atomic E-state index is 12.4. The molecule has 0 unspecified atom stereocenters. The van der Waals surface area contributed by atoms with Gasteiger partial charge in [0.25, 0.3) is 0 Å². The van der Waals surface area contributed by atoms with Gasteiger partial charge in [-0.1, -0.05) is 12.1 Å². The van der Waals surface area contributed by atoms with Gasteiger partial charge in [0, 0.05) is 12.2 Å². The molecule has 0 spiro atoms. The second kappa shape index (κ2) is 12.5. The van der Waals surface area contributed by atoms with Crippen LogP contribution >= 0.6 is 11.8 Å². The zero-order valence-corrected chi connectivity index (χ0v) is 17.6. The van der Waals surface area contributed by atoms with E-state index in [1.54, 1.807) is 12.1 Å². The summed E-state index contributed by atoms with van der Waals surface area (Å²) < 4.78 is 0. The number of hydrogen-bond donors (Lipinski definition) is 6. The molecule has 31 heavy (non-hydrogen) atoms. The van der Waals surface area contributed by atoms with E-state index in [1.807, 2.05) is 0 Å². The van der Waals surface area contributed by atoms with E-state index in [1.165, 1.54) is 19.1 Å². The minimum absolute atomic E-state index is 0.0220. The molecular weight excluding hydrogens is 430 g/mol. The summed E-state index contributed by atoms with van der Waals surface area (Å²) in [5.41, 5.74) is 5.94. The first-order valence-electron chi connectivity index (χ1n) is 9.19. The number of amides is 2. The predicted molar refractivity (Wildman–Crippen MR) is 111 cm³/mol. The smallest absolute Gasteiger partial charge is 0.322 e. The minimum atomic E-state index is -1.27. The normalized spacial score (nSPS) is 13.5. The number of carboxylic acids is 2. The van der Waals surface area contributed by atoms with Crippen LogP contribution in [0.1, 0.15) is 30.6 Å². The standard InChI is InChI=1S/C19H25N3O8S/c1-10(23)17(11-2-4-12(24)5-3-11)31-9-14(18(28)21-8-16(26)27)22-15(25)7-6-13(20)19(29)30/h2-5,13-14,17,24H,6-9,20H2,1H3,(H,21,28)(H,22,25)(H,26,27)(H,29,30)/t13-,14-,17-/m0/s1. The fourth-order valence-corrected chi connectivity index (χ4v) is 3.64. The van der Waals surface area contributed by atoms with Crippen LogP contribution in [0.2, 0.25) is 0 Å². The molecule has 0 aliphatic heterocycles. The fourth-order valence-electron chi connectivity index (χ4n) is 2.44. The highest BCUT2D eigenvalue weighted by molar-refractivity contribution is 8.00. The van der Waals surface area contributed by atoms with Gasteiger partial charge >= 0.3 is 11.9 Å². The molecule has 12 heteroatoms. The number of phenolic OH excluding ortho intramolecular Hbond substituents is 1. The largest absolute Gasteiger partial charge is 0.508 e. The van der Waals surface area contributed by atoms with E-state index < -0.39 is 47.6 Å². The van der Waals surface area contributed by atoms with Crippen LogP contribution in [0.4, 0.5) is 0 Å². The summed E-state index contributed by atoms with van der Waals surface area (Å²) in [7, 11) is 0. The first-order chi connectivity index (χ1) is 14.5. The molecule has 0 aliphatic carbocycles. The van der Waals surface area contributed by atoms with Gasteiger partial charge < -0.3 is 31.7 Å². The van der Waals surface area contributed by atoms with Crippen LogP contribution in [-0.4, -0.2) is 69.2 Å². The average Bonchev–Trinajstić information content (AvgIpc) is 2.70. The number of aromatic hydroxyl groups is 1. The van der Waals surface area contributed by atoms with Crippen LogP contribution in [0, 0.1) is 0 Å². The van der Waals surface area contributed by atoms with Gasteiger partial charge in [-0.15, -0.1) is 11.8 Å². The lowest BCUT2D eigenvalue weighted by Crippen LogP contribution is -2.49. The number of Topliss-reactive ketones (excluding diaryl/α,β-unsaturated/α-hetero) is 1. The lowest BCUT2D eigenvalue weighted by Gasteiger charge is -2.21. The van der Waals surface area contributed by atoms with E-state index in [9.17, 15) is 29.1 Å². The van der Waals surface area contributed by atoms with Crippen LogP contribution in [0.3, 0.4) is 0 Å². The lowest BCUT2D eigenvalue weighted by molar-refractivity contribution is -0.139. The Hall–Kier alpha value is -3.12. The zero-order chi connectivity index (χ0) is 23.6. The second-order valence-electron chi connectivity index (χ2n) is 6.63. The van der Waals surface area contributed by atoms with Crippen molar-refractivity contribution in [1.82, 2.24) is 10.6 Å². The molecule has 0 aliphatic rings. The zero-order valence-electron chi connectivity index (χ0n) is 16.7. The number of benzene rings is 1. The van der Waals surface area contributed by atoms with Gasteiger partial charge in [0.2, 0.25) is 11.8 Å².